The van der Waals surface area contributed by atoms with Gasteiger partial charge in [-0.3, -0.25) is 4.79 Å². The number of amides is 1. The first-order valence-electron chi connectivity index (χ1n) is 4.73. The molecule has 0 atom stereocenters. The van der Waals surface area contributed by atoms with Crippen molar-refractivity contribution in [3.8, 4) is 0 Å². The van der Waals surface area contributed by atoms with Crippen LogP contribution in [0.25, 0.3) is 10.8 Å². The molecule has 0 heterocycles. The van der Waals surface area contributed by atoms with Crippen molar-refractivity contribution in [3.05, 3.63) is 47.5 Å². The first kappa shape index (κ1) is 10.5. The van der Waals surface area contributed by atoms with E-state index in [9.17, 15) is 13.6 Å². The van der Waals surface area contributed by atoms with Crippen LogP contribution in [0.15, 0.2) is 30.3 Å². The van der Waals surface area contributed by atoms with Gasteiger partial charge in [0.25, 0.3) is 5.91 Å². The number of rotatable bonds is 1. The van der Waals surface area contributed by atoms with Gasteiger partial charge >= 0.3 is 0 Å². The average Bonchev–Trinajstić information content (AvgIpc) is 2.27. The summed E-state index contributed by atoms with van der Waals surface area (Å²) in [6.45, 7) is 0. The van der Waals surface area contributed by atoms with Crippen molar-refractivity contribution in [2.24, 2.45) is 0 Å². The van der Waals surface area contributed by atoms with Gasteiger partial charge < -0.3 is 5.32 Å². The maximum atomic E-state index is 13.4. The van der Waals surface area contributed by atoms with Crippen molar-refractivity contribution in [2.45, 2.75) is 0 Å². The van der Waals surface area contributed by atoms with E-state index >= 15 is 0 Å². The molecule has 16 heavy (non-hydrogen) atoms. The van der Waals surface area contributed by atoms with E-state index in [1.807, 2.05) is 0 Å². The van der Waals surface area contributed by atoms with Gasteiger partial charge in [0.15, 0.2) is 0 Å². The lowest BCUT2D eigenvalue weighted by Crippen LogP contribution is -2.18. The Morgan fingerprint density at radius 2 is 1.94 bits per heavy atom. The van der Waals surface area contributed by atoms with Crippen LogP contribution in [0.3, 0.4) is 0 Å². The molecule has 0 aliphatic rings. The number of halogens is 2. The van der Waals surface area contributed by atoms with Crippen LogP contribution in [-0.4, -0.2) is 13.0 Å². The Hall–Kier alpha value is -1.97. The zero-order valence-corrected chi connectivity index (χ0v) is 8.55. The summed E-state index contributed by atoms with van der Waals surface area (Å²) in [5.74, 6) is -1.72. The number of fused-ring (bicyclic) bond motifs is 1. The minimum atomic E-state index is -0.693. The Bertz CT molecular complexity index is 566. The van der Waals surface area contributed by atoms with Crippen LogP contribution >= 0.6 is 0 Å². The topological polar surface area (TPSA) is 29.1 Å². The van der Waals surface area contributed by atoms with Crippen LogP contribution in [0.4, 0.5) is 8.78 Å². The van der Waals surface area contributed by atoms with Gasteiger partial charge in [-0.1, -0.05) is 12.1 Å². The molecular formula is C12H9F2NO. The SMILES string of the molecule is CNC(=O)c1cccc2c(F)cc(F)cc12. The molecule has 1 N–H and O–H groups in total. The van der Waals surface area contributed by atoms with Gasteiger partial charge in [0, 0.05) is 29.4 Å². The fourth-order valence-electron chi connectivity index (χ4n) is 1.64. The summed E-state index contributed by atoms with van der Waals surface area (Å²) in [5, 5.41) is 2.94. The molecule has 2 aromatic carbocycles. The molecule has 82 valence electrons. The molecule has 0 bridgehead atoms. The zero-order chi connectivity index (χ0) is 11.7. The highest BCUT2D eigenvalue weighted by Crippen LogP contribution is 2.23. The van der Waals surface area contributed by atoms with Gasteiger partial charge in [0.1, 0.15) is 11.6 Å². The van der Waals surface area contributed by atoms with Gasteiger partial charge in [-0.05, 0) is 12.1 Å². The van der Waals surface area contributed by atoms with Crippen LogP contribution < -0.4 is 5.32 Å². The second-order valence-corrected chi connectivity index (χ2v) is 3.37. The average molecular weight is 221 g/mol. The first-order chi connectivity index (χ1) is 7.63. The largest absolute Gasteiger partial charge is 0.355 e. The molecule has 0 saturated carbocycles. The summed E-state index contributed by atoms with van der Waals surface area (Å²) in [6.07, 6.45) is 0. The molecule has 0 saturated heterocycles. The maximum Gasteiger partial charge on any atom is 0.251 e. The molecule has 0 aliphatic carbocycles. The van der Waals surface area contributed by atoms with Crippen molar-refractivity contribution < 1.29 is 13.6 Å². The fraction of sp³-hybridized carbons (Fsp3) is 0.0833. The Morgan fingerprint density at radius 1 is 1.19 bits per heavy atom. The molecule has 2 aromatic rings. The van der Waals surface area contributed by atoms with Crippen molar-refractivity contribution in [3.63, 3.8) is 0 Å². The lowest BCUT2D eigenvalue weighted by atomic mass is 10.0. The van der Waals surface area contributed by atoms with E-state index in [0.717, 1.165) is 12.1 Å². The summed E-state index contributed by atoms with van der Waals surface area (Å²) in [4.78, 5) is 11.5. The van der Waals surface area contributed by atoms with E-state index in [2.05, 4.69) is 5.32 Å². The van der Waals surface area contributed by atoms with Gasteiger partial charge in [0.05, 0.1) is 0 Å². The Morgan fingerprint density at radius 3 is 2.62 bits per heavy atom. The first-order valence-corrected chi connectivity index (χ1v) is 4.73. The predicted molar refractivity (Wildman–Crippen MR) is 57.3 cm³/mol. The summed E-state index contributed by atoms with van der Waals surface area (Å²) < 4.78 is 26.5. The third-order valence-corrected chi connectivity index (χ3v) is 2.38. The third-order valence-electron chi connectivity index (χ3n) is 2.38. The molecule has 2 rings (SSSR count). The van der Waals surface area contributed by atoms with E-state index in [0.29, 0.717) is 0 Å². The molecule has 4 heteroatoms. The van der Waals surface area contributed by atoms with Crippen LogP contribution in [0.2, 0.25) is 0 Å². The van der Waals surface area contributed by atoms with E-state index in [1.165, 1.54) is 19.2 Å². The third kappa shape index (κ3) is 1.62. The monoisotopic (exact) mass is 221 g/mol. The van der Waals surface area contributed by atoms with Gasteiger partial charge in [-0.15, -0.1) is 0 Å². The van der Waals surface area contributed by atoms with E-state index in [4.69, 9.17) is 0 Å². The maximum absolute atomic E-state index is 13.4. The number of carbonyl (C=O) groups excluding carboxylic acids is 1. The molecule has 0 fully saturated rings. The molecule has 0 unspecified atom stereocenters. The highest BCUT2D eigenvalue weighted by atomic mass is 19.1. The molecule has 0 aromatic heterocycles. The van der Waals surface area contributed by atoms with Gasteiger partial charge in [-0.25, -0.2) is 8.78 Å². The van der Waals surface area contributed by atoms with E-state index < -0.39 is 11.6 Å². The summed E-state index contributed by atoms with van der Waals surface area (Å²) in [5.41, 5.74) is 0.262. The molecule has 0 aliphatic heterocycles. The van der Waals surface area contributed by atoms with Gasteiger partial charge in [0.2, 0.25) is 0 Å². The van der Waals surface area contributed by atoms with Crippen molar-refractivity contribution in [2.75, 3.05) is 7.05 Å². The van der Waals surface area contributed by atoms with Gasteiger partial charge in [-0.2, -0.15) is 0 Å². The second-order valence-electron chi connectivity index (χ2n) is 3.37. The van der Waals surface area contributed by atoms with Crippen molar-refractivity contribution in [1.82, 2.24) is 5.32 Å². The van der Waals surface area contributed by atoms with Crippen LogP contribution in [0.5, 0.6) is 0 Å². The summed E-state index contributed by atoms with van der Waals surface area (Å²) in [7, 11) is 1.47. The Balaban J connectivity index is 2.81. The standard InChI is InChI=1S/C12H9F2NO/c1-15-12(16)9-4-2-3-8-10(9)5-7(13)6-11(8)14/h2-6H,1H3,(H,15,16). The van der Waals surface area contributed by atoms with Crippen LogP contribution in [0.1, 0.15) is 10.4 Å². The minimum Gasteiger partial charge on any atom is -0.355 e. The molecule has 2 nitrogen and oxygen atoms in total. The summed E-state index contributed by atoms with van der Waals surface area (Å²) >= 11 is 0. The highest BCUT2D eigenvalue weighted by molar-refractivity contribution is 6.07. The quantitative estimate of drug-likeness (QED) is 0.787. The van der Waals surface area contributed by atoms with Crippen molar-refractivity contribution in [1.29, 1.82) is 0 Å². The normalized spacial score (nSPS) is 10.4. The van der Waals surface area contributed by atoms with Crippen molar-refractivity contribution >= 4 is 16.7 Å². The molecular weight excluding hydrogens is 212 g/mol. The number of hydrogen-bond donors (Lipinski definition) is 1. The number of benzene rings is 2. The Kier molecular flexibility index (Phi) is 2.56. The van der Waals surface area contributed by atoms with Crippen LogP contribution in [-0.2, 0) is 0 Å². The number of carbonyl (C=O) groups is 1. The molecule has 0 spiro atoms. The lowest BCUT2D eigenvalue weighted by molar-refractivity contribution is 0.0965. The predicted octanol–water partition coefficient (Wildman–Crippen LogP) is 2.48. The number of hydrogen-bond acceptors (Lipinski definition) is 1. The Labute approximate surface area is 90.9 Å². The molecule has 1 amide bonds. The van der Waals surface area contributed by atoms with E-state index in [1.54, 1.807) is 6.07 Å². The number of nitrogens with one attached hydrogen (secondary N) is 1. The smallest absolute Gasteiger partial charge is 0.251 e. The minimum absolute atomic E-state index is 0.238. The lowest BCUT2D eigenvalue weighted by Gasteiger charge is -2.06. The summed E-state index contributed by atoms with van der Waals surface area (Å²) in [6, 6.07) is 6.56. The fourth-order valence-corrected chi connectivity index (χ4v) is 1.64. The molecule has 0 radical (unpaired) electrons. The second kappa shape index (κ2) is 3.89. The van der Waals surface area contributed by atoms with E-state index in [-0.39, 0.29) is 22.2 Å². The highest BCUT2D eigenvalue weighted by Gasteiger charge is 2.11. The zero-order valence-electron chi connectivity index (χ0n) is 8.55. The van der Waals surface area contributed by atoms with Crippen LogP contribution in [0, 0.1) is 11.6 Å².